The van der Waals surface area contributed by atoms with E-state index in [1.54, 1.807) is 0 Å². The van der Waals surface area contributed by atoms with Crippen LogP contribution in [0.4, 0.5) is 0 Å². The summed E-state index contributed by atoms with van der Waals surface area (Å²) < 4.78 is 0. The van der Waals surface area contributed by atoms with E-state index < -0.39 is 0 Å². The van der Waals surface area contributed by atoms with Crippen molar-refractivity contribution in [1.29, 1.82) is 0 Å². The molecular formula is C13H21N. The molecule has 0 spiro atoms. The zero-order valence-electron chi connectivity index (χ0n) is 9.72. The van der Waals surface area contributed by atoms with Crippen LogP contribution in [0.1, 0.15) is 36.5 Å². The van der Waals surface area contributed by atoms with Gasteiger partial charge in [0.2, 0.25) is 0 Å². The number of nitrogens with one attached hydrogen (secondary N) is 1. The van der Waals surface area contributed by atoms with Gasteiger partial charge in [0, 0.05) is 6.54 Å². The minimum Gasteiger partial charge on any atom is -0.316 e. The maximum Gasteiger partial charge on any atom is 0.00174 e. The average molecular weight is 191 g/mol. The molecule has 1 aromatic rings. The van der Waals surface area contributed by atoms with E-state index in [2.05, 4.69) is 51.2 Å². The Kier molecular flexibility index (Phi) is 4.15. The summed E-state index contributed by atoms with van der Waals surface area (Å²) in [5.41, 5.74) is 4.24. The van der Waals surface area contributed by atoms with Gasteiger partial charge >= 0.3 is 0 Å². The highest BCUT2D eigenvalue weighted by molar-refractivity contribution is 5.33. The molecule has 1 N–H and O–H groups in total. The molecule has 0 heterocycles. The summed E-state index contributed by atoms with van der Waals surface area (Å²) in [5, 5.41) is 3.39. The predicted octanol–water partition coefficient (Wildman–Crippen LogP) is 3.02. The summed E-state index contributed by atoms with van der Waals surface area (Å²) in [6, 6.07) is 6.70. The van der Waals surface area contributed by atoms with Crippen molar-refractivity contribution < 1.29 is 0 Å². The van der Waals surface area contributed by atoms with Crippen LogP contribution < -0.4 is 5.32 Å². The molecule has 0 aliphatic rings. The summed E-state index contributed by atoms with van der Waals surface area (Å²) in [4.78, 5) is 0. The topological polar surface area (TPSA) is 12.0 Å². The third kappa shape index (κ3) is 2.85. The summed E-state index contributed by atoms with van der Waals surface area (Å²) >= 11 is 0. The van der Waals surface area contributed by atoms with Crippen molar-refractivity contribution in [2.24, 2.45) is 0 Å². The Morgan fingerprint density at radius 3 is 2.64 bits per heavy atom. The Balaban J connectivity index is 2.77. The molecule has 78 valence electrons. The fraction of sp³-hybridized carbons (Fsp3) is 0.538. The van der Waals surface area contributed by atoms with Crippen LogP contribution in [0, 0.1) is 13.8 Å². The highest BCUT2D eigenvalue weighted by atomic mass is 14.8. The minimum absolute atomic E-state index is 0.606. The van der Waals surface area contributed by atoms with E-state index in [1.165, 1.54) is 16.7 Å². The van der Waals surface area contributed by atoms with E-state index in [4.69, 9.17) is 0 Å². The van der Waals surface area contributed by atoms with Gasteiger partial charge in [-0.05, 0) is 37.4 Å². The summed E-state index contributed by atoms with van der Waals surface area (Å²) in [6.45, 7) is 10.9. The van der Waals surface area contributed by atoms with Crippen molar-refractivity contribution in [2.45, 2.75) is 33.6 Å². The second-order valence-electron chi connectivity index (χ2n) is 4.07. The van der Waals surface area contributed by atoms with E-state index in [0.717, 1.165) is 13.1 Å². The lowest BCUT2D eigenvalue weighted by atomic mass is 9.94. The lowest BCUT2D eigenvalue weighted by Gasteiger charge is -2.15. The zero-order chi connectivity index (χ0) is 10.6. The molecule has 0 radical (unpaired) electrons. The molecule has 1 unspecified atom stereocenters. The number of hydrogen-bond donors (Lipinski definition) is 1. The van der Waals surface area contributed by atoms with Crippen molar-refractivity contribution >= 4 is 0 Å². The third-order valence-electron chi connectivity index (χ3n) is 2.67. The van der Waals surface area contributed by atoms with Crippen LogP contribution in [0.25, 0.3) is 0 Å². The number of hydrogen-bond acceptors (Lipinski definition) is 1. The van der Waals surface area contributed by atoms with Crippen molar-refractivity contribution in [1.82, 2.24) is 5.32 Å². The molecule has 1 heteroatoms. The van der Waals surface area contributed by atoms with Crippen molar-refractivity contribution in [3.05, 3.63) is 34.9 Å². The predicted molar refractivity (Wildman–Crippen MR) is 62.9 cm³/mol. The number of benzene rings is 1. The maximum atomic E-state index is 3.39. The first kappa shape index (κ1) is 11.3. The molecule has 1 nitrogen and oxygen atoms in total. The Morgan fingerprint density at radius 1 is 1.29 bits per heavy atom. The number of rotatable bonds is 4. The van der Waals surface area contributed by atoms with E-state index in [1.807, 2.05) is 0 Å². The first-order valence-electron chi connectivity index (χ1n) is 5.43. The van der Waals surface area contributed by atoms with Crippen LogP contribution in [0.3, 0.4) is 0 Å². The van der Waals surface area contributed by atoms with Gasteiger partial charge in [-0.1, -0.05) is 37.6 Å². The smallest absolute Gasteiger partial charge is 0.00174 e. The van der Waals surface area contributed by atoms with Crippen LogP contribution in [0.5, 0.6) is 0 Å². The van der Waals surface area contributed by atoms with Gasteiger partial charge in [-0.3, -0.25) is 0 Å². The van der Waals surface area contributed by atoms with Gasteiger partial charge in [-0.15, -0.1) is 0 Å². The molecule has 0 saturated heterocycles. The van der Waals surface area contributed by atoms with Gasteiger partial charge in [0.1, 0.15) is 0 Å². The minimum atomic E-state index is 0.606. The highest BCUT2D eigenvalue weighted by Gasteiger charge is 2.07. The van der Waals surface area contributed by atoms with E-state index in [0.29, 0.717) is 5.92 Å². The van der Waals surface area contributed by atoms with Crippen molar-refractivity contribution in [3.63, 3.8) is 0 Å². The lowest BCUT2D eigenvalue weighted by Crippen LogP contribution is -2.19. The second kappa shape index (κ2) is 5.16. The molecule has 14 heavy (non-hydrogen) atoms. The Bertz CT molecular complexity index is 291. The molecule has 0 aliphatic carbocycles. The van der Waals surface area contributed by atoms with Crippen LogP contribution in [-0.4, -0.2) is 13.1 Å². The molecule has 1 rings (SSSR count). The van der Waals surface area contributed by atoms with E-state index >= 15 is 0 Å². The Morgan fingerprint density at radius 2 is 2.00 bits per heavy atom. The lowest BCUT2D eigenvalue weighted by molar-refractivity contribution is 0.632. The fourth-order valence-corrected chi connectivity index (χ4v) is 1.76. The number of aryl methyl sites for hydroxylation is 2. The maximum absolute atomic E-state index is 3.39. The van der Waals surface area contributed by atoms with Crippen LogP contribution in [-0.2, 0) is 0 Å². The number of likely N-dealkylation sites (N-methyl/N-ethyl adjacent to an activating group) is 1. The van der Waals surface area contributed by atoms with Crippen molar-refractivity contribution in [2.75, 3.05) is 13.1 Å². The van der Waals surface area contributed by atoms with Gasteiger partial charge in [-0.25, -0.2) is 0 Å². The van der Waals surface area contributed by atoms with Gasteiger partial charge < -0.3 is 5.32 Å². The molecule has 0 bridgehead atoms. The standard InChI is InChI=1S/C13H21N/c1-5-14-9-12(4)13-8-10(2)6-7-11(13)3/h6-8,12,14H,5,9H2,1-4H3. The molecule has 0 fully saturated rings. The monoisotopic (exact) mass is 191 g/mol. The Hall–Kier alpha value is -0.820. The van der Waals surface area contributed by atoms with Gasteiger partial charge in [0.05, 0.1) is 0 Å². The first-order valence-corrected chi connectivity index (χ1v) is 5.43. The van der Waals surface area contributed by atoms with Crippen LogP contribution in [0.2, 0.25) is 0 Å². The molecule has 1 atom stereocenters. The largest absolute Gasteiger partial charge is 0.316 e. The molecule has 1 aromatic carbocycles. The molecular weight excluding hydrogens is 170 g/mol. The zero-order valence-corrected chi connectivity index (χ0v) is 9.72. The average Bonchev–Trinajstić information content (AvgIpc) is 2.18. The summed E-state index contributed by atoms with van der Waals surface area (Å²) in [6.07, 6.45) is 0. The van der Waals surface area contributed by atoms with E-state index in [9.17, 15) is 0 Å². The molecule has 0 amide bonds. The van der Waals surface area contributed by atoms with Crippen LogP contribution in [0.15, 0.2) is 18.2 Å². The third-order valence-corrected chi connectivity index (χ3v) is 2.67. The van der Waals surface area contributed by atoms with Gasteiger partial charge in [0.25, 0.3) is 0 Å². The second-order valence-corrected chi connectivity index (χ2v) is 4.07. The van der Waals surface area contributed by atoms with E-state index in [-0.39, 0.29) is 0 Å². The SMILES string of the molecule is CCNCC(C)c1cc(C)ccc1C. The molecule has 0 aromatic heterocycles. The van der Waals surface area contributed by atoms with Gasteiger partial charge in [0.15, 0.2) is 0 Å². The molecule has 0 saturated carbocycles. The highest BCUT2D eigenvalue weighted by Crippen LogP contribution is 2.20. The summed E-state index contributed by atoms with van der Waals surface area (Å²) in [7, 11) is 0. The normalized spacial score (nSPS) is 12.9. The van der Waals surface area contributed by atoms with Crippen LogP contribution >= 0.6 is 0 Å². The van der Waals surface area contributed by atoms with Crippen molar-refractivity contribution in [3.8, 4) is 0 Å². The van der Waals surface area contributed by atoms with Gasteiger partial charge in [-0.2, -0.15) is 0 Å². The fourth-order valence-electron chi connectivity index (χ4n) is 1.76. The summed E-state index contributed by atoms with van der Waals surface area (Å²) in [5.74, 6) is 0.606. The Labute approximate surface area is 87.5 Å². The molecule has 0 aliphatic heterocycles. The quantitative estimate of drug-likeness (QED) is 0.771. The first-order chi connectivity index (χ1) is 6.65.